The van der Waals surface area contributed by atoms with Gasteiger partial charge in [-0.05, 0) is 22.3 Å². The summed E-state index contributed by atoms with van der Waals surface area (Å²) in [6.07, 6.45) is -0.688. The molecule has 0 radical (unpaired) electrons. The number of carbonyl (C=O) groups is 3. The number of esters is 2. The fourth-order valence-electron chi connectivity index (χ4n) is 3.37. The molecule has 0 aromatic heterocycles. The van der Waals surface area contributed by atoms with E-state index in [-0.39, 0.29) is 25.6 Å². The minimum absolute atomic E-state index is 0.0659. The fraction of sp³-hybridized carbons (Fsp3) is 0.211. The smallest absolute Gasteiger partial charge is 0.410 e. The number of cyclic esters (lactones) is 2. The summed E-state index contributed by atoms with van der Waals surface area (Å²) >= 11 is 0. The van der Waals surface area contributed by atoms with Gasteiger partial charge in [-0.2, -0.15) is 0 Å². The molecule has 1 aliphatic heterocycles. The number of nitrogens with zero attached hydrogens (tertiary/aromatic N) is 1. The van der Waals surface area contributed by atoms with Crippen molar-refractivity contribution in [2.45, 2.75) is 5.92 Å². The highest BCUT2D eigenvalue weighted by molar-refractivity contribution is 5.93. The number of rotatable bonds is 2. The third-order valence-corrected chi connectivity index (χ3v) is 4.46. The summed E-state index contributed by atoms with van der Waals surface area (Å²) in [5, 5.41) is 0. The van der Waals surface area contributed by atoms with Gasteiger partial charge < -0.3 is 9.47 Å². The van der Waals surface area contributed by atoms with E-state index in [2.05, 4.69) is 16.9 Å². The molecular weight excluding hydrogens is 322 g/mol. The van der Waals surface area contributed by atoms with Crippen LogP contribution in [-0.2, 0) is 19.1 Å². The topological polar surface area (TPSA) is 72.9 Å². The Hall–Kier alpha value is -3.15. The van der Waals surface area contributed by atoms with Gasteiger partial charge >= 0.3 is 18.0 Å². The third-order valence-electron chi connectivity index (χ3n) is 4.46. The standard InChI is InChI=1S/C19H15NO5/c21-17-9-20(10-18(22)25-17)19(23)24-11-16-14-7-3-1-5-12(14)13-6-2-4-8-15(13)16/h1-8,16H,9-11H2. The third kappa shape index (κ3) is 2.76. The highest BCUT2D eigenvalue weighted by Crippen LogP contribution is 2.44. The molecule has 2 aromatic carbocycles. The Morgan fingerprint density at radius 1 is 0.960 bits per heavy atom. The normalized spacial score (nSPS) is 16.2. The maximum absolute atomic E-state index is 12.2. The zero-order valence-electron chi connectivity index (χ0n) is 13.3. The summed E-state index contributed by atoms with van der Waals surface area (Å²) in [5.41, 5.74) is 4.48. The Kier molecular flexibility index (Phi) is 3.72. The Balaban J connectivity index is 1.52. The van der Waals surface area contributed by atoms with Crippen molar-refractivity contribution >= 4 is 18.0 Å². The Morgan fingerprint density at radius 2 is 1.48 bits per heavy atom. The van der Waals surface area contributed by atoms with E-state index in [1.165, 1.54) is 0 Å². The molecule has 0 saturated carbocycles. The van der Waals surface area contributed by atoms with Gasteiger partial charge in [0.2, 0.25) is 0 Å². The van der Waals surface area contributed by atoms with Crippen LogP contribution in [0.4, 0.5) is 4.79 Å². The minimum atomic E-state index is -0.746. The van der Waals surface area contributed by atoms with Crippen LogP contribution >= 0.6 is 0 Å². The molecule has 0 N–H and O–H groups in total. The summed E-state index contributed by atoms with van der Waals surface area (Å²) in [4.78, 5) is 35.8. The molecule has 4 rings (SSSR count). The van der Waals surface area contributed by atoms with Crippen molar-refractivity contribution < 1.29 is 23.9 Å². The van der Waals surface area contributed by atoms with Gasteiger partial charge in [0, 0.05) is 5.92 Å². The molecule has 2 aromatic rings. The number of hydrogen-bond acceptors (Lipinski definition) is 5. The van der Waals surface area contributed by atoms with E-state index in [0.717, 1.165) is 27.2 Å². The lowest BCUT2D eigenvalue weighted by Gasteiger charge is -2.24. The molecule has 1 aliphatic carbocycles. The molecule has 0 unspecified atom stereocenters. The van der Waals surface area contributed by atoms with Gasteiger partial charge in [-0.15, -0.1) is 0 Å². The molecule has 6 nitrogen and oxygen atoms in total. The summed E-state index contributed by atoms with van der Waals surface area (Å²) in [5.74, 6) is -1.56. The summed E-state index contributed by atoms with van der Waals surface area (Å²) in [6, 6.07) is 16.0. The number of morpholine rings is 1. The van der Waals surface area contributed by atoms with Gasteiger partial charge in [-0.3, -0.25) is 4.90 Å². The van der Waals surface area contributed by atoms with Crippen molar-refractivity contribution in [2.24, 2.45) is 0 Å². The second kappa shape index (κ2) is 6.05. The monoisotopic (exact) mass is 337 g/mol. The zero-order valence-corrected chi connectivity index (χ0v) is 13.3. The summed E-state index contributed by atoms with van der Waals surface area (Å²) in [7, 11) is 0. The predicted octanol–water partition coefficient (Wildman–Crippen LogP) is 2.32. The molecule has 1 heterocycles. The van der Waals surface area contributed by atoms with E-state index in [0.29, 0.717) is 0 Å². The van der Waals surface area contributed by atoms with E-state index in [9.17, 15) is 14.4 Å². The molecule has 0 spiro atoms. The zero-order chi connectivity index (χ0) is 17.4. The molecule has 0 atom stereocenters. The average molecular weight is 337 g/mol. The second-order valence-electron chi connectivity index (χ2n) is 6.01. The van der Waals surface area contributed by atoms with Crippen molar-refractivity contribution in [3.63, 3.8) is 0 Å². The second-order valence-corrected chi connectivity index (χ2v) is 6.01. The molecule has 6 heteroatoms. The molecule has 1 amide bonds. The van der Waals surface area contributed by atoms with Crippen LogP contribution in [0.3, 0.4) is 0 Å². The van der Waals surface area contributed by atoms with Crippen molar-refractivity contribution in [1.82, 2.24) is 4.90 Å². The first kappa shape index (κ1) is 15.4. The van der Waals surface area contributed by atoms with Crippen LogP contribution in [0.2, 0.25) is 0 Å². The number of ether oxygens (including phenoxy) is 2. The number of carbonyl (C=O) groups excluding carboxylic acids is 3. The molecule has 1 fully saturated rings. The number of hydrogen-bond donors (Lipinski definition) is 0. The van der Waals surface area contributed by atoms with Crippen molar-refractivity contribution in [1.29, 1.82) is 0 Å². The van der Waals surface area contributed by atoms with Gasteiger partial charge in [0.05, 0.1) is 0 Å². The molecular formula is C19H15NO5. The number of fused-ring (bicyclic) bond motifs is 3. The first-order valence-electron chi connectivity index (χ1n) is 7.97. The van der Waals surface area contributed by atoms with Crippen molar-refractivity contribution in [3.8, 4) is 11.1 Å². The molecule has 2 aliphatic rings. The van der Waals surface area contributed by atoms with Crippen molar-refractivity contribution in [3.05, 3.63) is 59.7 Å². The minimum Gasteiger partial charge on any atom is -0.448 e. The molecule has 1 saturated heterocycles. The van der Waals surface area contributed by atoms with E-state index in [1.54, 1.807) is 0 Å². The van der Waals surface area contributed by atoms with E-state index in [4.69, 9.17) is 4.74 Å². The molecule has 25 heavy (non-hydrogen) atoms. The highest BCUT2D eigenvalue weighted by Gasteiger charge is 2.32. The van der Waals surface area contributed by atoms with Gasteiger partial charge in [0.15, 0.2) is 0 Å². The van der Waals surface area contributed by atoms with Crippen LogP contribution in [0.1, 0.15) is 17.0 Å². The van der Waals surface area contributed by atoms with Crippen LogP contribution in [-0.4, -0.2) is 42.6 Å². The van der Waals surface area contributed by atoms with Crippen LogP contribution in [0.5, 0.6) is 0 Å². The maximum Gasteiger partial charge on any atom is 0.410 e. The lowest BCUT2D eigenvalue weighted by Crippen LogP contribution is -2.46. The molecule has 0 bridgehead atoms. The van der Waals surface area contributed by atoms with Gasteiger partial charge in [-0.25, -0.2) is 14.4 Å². The Morgan fingerprint density at radius 3 is 2.04 bits per heavy atom. The summed E-state index contributed by atoms with van der Waals surface area (Å²) in [6.45, 7) is -0.405. The quantitative estimate of drug-likeness (QED) is 0.621. The SMILES string of the molecule is O=C1CN(C(=O)OCC2c3ccccc3-c3ccccc32)CC(=O)O1. The van der Waals surface area contributed by atoms with E-state index in [1.807, 2.05) is 36.4 Å². The van der Waals surface area contributed by atoms with Crippen LogP contribution in [0.15, 0.2) is 48.5 Å². The Bertz CT molecular complexity index is 814. The number of amides is 1. The van der Waals surface area contributed by atoms with Gasteiger partial charge in [0.1, 0.15) is 19.7 Å². The summed E-state index contributed by atoms with van der Waals surface area (Å²) < 4.78 is 9.81. The lowest BCUT2D eigenvalue weighted by atomic mass is 9.98. The number of benzene rings is 2. The van der Waals surface area contributed by atoms with Gasteiger partial charge in [0.25, 0.3) is 0 Å². The van der Waals surface area contributed by atoms with E-state index >= 15 is 0 Å². The average Bonchev–Trinajstić information content (AvgIpc) is 2.93. The van der Waals surface area contributed by atoms with Gasteiger partial charge in [-0.1, -0.05) is 48.5 Å². The lowest BCUT2D eigenvalue weighted by molar-refractivity contribution is -0.165. The van der Waals surface area contributed by atoms with Crippen LogP contribution < -0.4 is 0 Å². The highest BCUT2D eigenvalue weighted by atomic mass is 16.6. The Labute approximate surface area is 144 Å². The first-order chi connectivity index (χ1) is 12.1. The van der Waals surface area contributed by atoms with E-state index < -0.39 is 18.0 Å². The molecule has 126 valence electrons. The van der Waals surface area contributed by atoms with Crippen LogP contribution in [0, 0.1) is 0 Å². The van der Waals surface area contributed by atoms with Crippen molar-refractivity contribution in [2.75, 3.05) is 19.7 Å². The first-order valence-corrected chi connectivity index (χ1v) is 7.97. The predicted molar refractivity (Wildman–Crippen MR) is 87.7 cm³/mol. The fourth-order valence-corrected chi connectivity index (χ4v) is 3.37. The van der Waals surface area contributed by atoms with Crippen LogP contribution in [0.25, 0.3) is 11.1 Å². The largest absolute Gasteiger partial charge is 0.448 e. The maximum atomic E-state index is 12.2.